The molecule has 17 heavy (non-hydrogen) atoms. The summed E-state index contributed by atoms with van der Waals surface area (Å²) >= 11 is 0. The summed E-state index contributed by atoms with van der Waals surface area (Å²) in [6, 6.07) is 18.3. The number of hydrogen-bond donors (Lipinski definition) is 0. The van der Waals surface area contributed by atoms with Crippen molar-refractivity contribution in [1.29, 1.82) is 0 Å². The molecule has 2 aromatic carbocycles. The molecule has 0 bridgehead atoms. The summed E-state index contributed by atoms with van der Waals surface area (Å²) in [5, 5.41) is 0. The van der Waals surface area contributed by atoms with E-state index in [1.807, 2.05) is 43.3 Å². The summed E-state index contributed by atoms with van der Waals surface area (Å²) < 4.78 is 0. The zero-order chi connectivity index (χ0) is 11.8. The van der Waals surface area contributed by atoms with Crippen LogP contribution in [0.1, 0.15) is 34.3 Å². The highest BCUT2D eigenvalue weighted by molar-refractivity contribution is 6.03. The molecule has 2 atom stereocenters. The Morgan fingerprint density at radius 2 is 1.53 bits per heavy atom. The van der Waals surface area contributed by atoms with E-state index < -0.39 is 0 Å². The van der Waals surface area contributed by atoms with Gasteiger partial charge in [0.15, 0.2) is 5.78 Å². The molecule has 0 amide bonds. The number of hydrogen-bond acceptors (Lipinski definition) is 1. The first-order chi connectivity index (χ1) is 8.29. The first-order valence-electron chi connectivity index (χ1n) is 5.97. The second-order valence-corrected chi connectivity index (χ2v) is 4.63. The zero-order valence-electron chi connectivity index (χ0n) is 9.76. The average Bonchev–Trinajstić information content (AvgIpc) is 2.64. The standard InChI is InChI=1S/C16H14O/c1-11-15(12-7-3-2-4-8-12)13-9-5-6-10-14(13)16(11)17/h2-11,15H,1H3/t11-,15+/m0/s1. The molecule has 0 N–H and O–H groups in total. The molecule has 2 aromatic rings. The Labute approximate surface area is 101 Å². The summed E-state index contributed by atoms with van der Waals surface area (Å²) in [7, 11) is 0. The van der Waals surface area contributed by atoms with E-state index >= 15 is 0 Å². The molecular weight excluding hydrogens is 208 g/mol. The molecule has 0 saturated heterocycles. The van der Waals surface area contributed by atoms with Crippen LogP contribution in [0, 0.1) is 5.92 Å². The minimum absolute atomic E-state index is 0.0507. The maximum Gasteiger partial charge on any atom is 0.166 e. The van der Waals surface area contributed by atoms with Crippen molar-refractivity contribution in [3.8, 4) is 0 Å². The van der Waals surface area contributed by atoms with Crippen molar-refractivity contribution in [2.45, 2.75) is 12.8 Å². The van der Waals surface area contributed by atoms with Crippen LogP contribution >= 0.6 is 0 Å². The van der Waals surface area contributed by atoms with Crippen LogP contribution in [0.4, 0.5) is 0 Å². The molecule has 84 valence electrons. The van der Waals surface area contributed by atoms with Crippen molar-refractivity contribution >= 4 is 5.78 Å². The monoisotopic (exact) mass is 222 g/mol. The third-order valence-corrected chi connectivity index (χ3v) is 3.63. The Kier molecular flexibility index (Phi) is 2.32. The van der Waals surface area contributed by atoms with Crippen LogP contribution in [0.3, 0.4) is 0 Å². The molecule has 0 unspecified atom stereocenters. The van der Waals surface area contributed by atoms with Gasteiger partial charge in [0.1, 0.15) is 0 Å². The molecule has 0 heterocycles. The first-order valence-corrected chi connectivity index (χ1v) is 5.97. The van der Waals surface area contributed by atoms with Gasteiger partial charge in [-0.3, -0.25) is 4.79 Å². The van der Waals surface area contributed by atoms with Gasteiger partial charge in [-0.05, 0) is 11.1 Å². The van der Waals surface area contributed by atoms with Crippen LogP contribution < -0.4 is 0 Å². The first kappa shape index (κ1) is 10.3. The van der Waals surface area contributed by atoms with E-state index in [9.17, 15) is 4.79 Å². The van der Waals surface area contributed by atoms with Crippen LogP contribution in [0.25, 0.3) is 0 Å². The van der Waals surface area contributed by atoms with Gasteiger partial charge in [0, 0.05) is 17.4 Å². The second-order valence-electron chi connectivity index (χ2n) is 4.63. The summed E-state index contributed by atoms with van der Waals surface area (Å²) in [6.45, 7) is 2.03. The van der Waals surface area contributed by atoms with E-state index in [0.717, 1.165) is 5.56 Å². The van der Waals surface area contributed by atoms with Crippen molar-refractivity contribution in [1.82, 2.24) is 0 Å². The highest BCUT2D eigenvalue weighted by Gasteiger charge is 2.36. The summed E-state index contributed by atoms with van der Waals surface area (Å²) in [5.41, 5.74) is 3.31. The predicted molar refractivity (Wildman–Crippen MR) is 68.2 cm³/mol. The normalized spacial score (nSPS) is 22.5. The molecule has 1 nitrogen and oxygen atoms in total. The third kappa shape index (κ3) is 1.50. The number of carbonyl (C=O) groups excluding carboxylic acids is 1. The molecule has 1 aliphatic rings. The Hall–Kier alpha value is -1.89. The molecular formula is C16H14O. The fraction of sp³-hybridized carbons (Fsp3) is 0.188. The molecule has 1 heteroatoms. The largest absolute Gasteiger partial charge is 0.294 e. The van der Waals surface area contributed by atoms with Crippen molar-refractivity contribution < 1.29 is 4.79 Å². The molecule has 0 aromatic heterocycles. The lowest BCUT2D eigenvalue weighted by molar-refractivity contribution is 0.0939. The van der Waals surface area contributed by atoms with E-state index in [2.05, 4.69) is 18.2 Å². The van der Waals surface area contributed by atoms with Gasteiger partial charge in [-0.25, -0.2) is 0 Å². The van der Waals surface area contributed by atoms with Crippen LogP contribution in [0.5, 0.6) is 0 Å². The fourth-order valence-electron chi connectivity index (χ4n) is 2.79. The number of rotatable bonds is 1. The summed E-state index contributed by atoms with van der Waals surface area (Å²) in [5.74, 6) is 0.546. The maximum atomic E-state index is 12.2. The van der Waals surface area contributed by atoms with E-state index in [0.29, 0.717) is 0 Å². The molecule has 0 aliphatic heterocycles. The van der Waals surface area contributed by atoms with E-state index in [4.69, 9.17) is 0 Å². The van der Waals surface area contributed by atoms with Gasteiger partial charge in [-0.2, -0.15) is 0 Å². The van der Waals surface area contributed by atoms with Crippen molar-refractivity contribution in [3.63, 3.8) is 0 Å². The van der Waals surface area contributed by atoms with Gasteiger partial charge in [0.25, 0.3) is 0 Å². The van der Waals surface area contributed by atoms with Gasteiger partial charge in [-0.15, -0.1) is 0 Å². The third-order valence-electron chi connectivity index (χ3n) is 3.63. The zero-order valence-corrected chi connectivity index (χ0v) is 9.76. The van der Waals surface area contributed by atoms with E-state index in [1.54, 1.807) is 0 Å². The fourth-order valence-corrected chi connectivity index (χ4v) is 2.79. The number of benzene rings is 2. The average molecular weight is 222 g/mol. The van der Waals surface area contributed by atoms with E-state index in [1.165, 1.54) is 11.1 Å². The van der Waals surface area contributed by atoms with Gasteiger partial charge in [0.2, 0.25) is 0 Å². The highest BCUT2D eigenvalue weighted by Crippen LogP contribution is 2.41. The van der Waals surface area contributed by atoms with Crippen molar-refractivity contribution in [3.05, 3.63) is 71.3 Å². The van der Waals surface area contributed by atoms with Crippen molar-refractivity contribution in [2.75, 3.05) is 0 Å². The summed E-state index contributed by atoms with van der Waals surface area (Å²) in [4.78, 5) is 12.2. The molecule has 0 spiro atoms. The Morgan fingerprint density at radius 3 is 2.29 bits per heavy atom. The predicted octanol–water partition coefficient (Wildman–Crippen LogP) is 3.65. The minimum Gasteiger partial charge on any atom is -0.294 e. The van der Waals surface area contributed by atoms with E-state index in [-0.39, 0.29) is 17.6 Å². The minimum atomic E-state index is 0.0507. The quantitative estimate of drug-likeness (QED) is 0.719. The van der Waals surface area contributed by atoms with Gasteiger partial charge in [-0.1, -0.05) is 61.5 Å². The topological polar surface area (TPSA) is 17.1 Å². The van der Waals surface area contributed by atoms with Crippen LogP contribution in [0.2, 0.25) is 0 Å². The molecule has 0 saturated carbocycles. The van der Waals surface area contributed by atoms with Crippen LogP contribution in [-0.2, 0) is 0 Å². The number of Topliss-reactive ketones (excluding diaryl/α,β-unsaturated/α-hetero) is 1. The van der Waals surface area contributed by atoms with Crippen LogP contribution in [-0.4, -0.2) is 5.78 Å². The lowest BCUT2D eigenvalue weighted by atomic mass is 9.87. The van der Waals surface area contributed by atoms with Gasteiger partial charge in [0.05, 0.1) is 0 Å². The smallest absolute Gasteiger partial charge is 0.166 e. The number of ketones is 1. The number of carbonyl (C=O) groups is 1. The molecule has 1 aliphatic carbocycles. The maximum absolute atomic E-state index is 12.2. The lowest BCUT2D eigenvalue weighted by Gasteiger charge is -2.15. The van der Waals surface area contributed by atoms with Crippen LogP contribution in [0.15, 0.2) is 54.6 Å². The number of fused-ring (bicyclic) bond motifs is 1. The Bertz CT molecular complexity index is 557. The summed E-state index contributed by atoms with van der Waals surface area (Å²) in [6.07, 6.45) is 0. The molecule has 3 rings (SSSR count). The SMILES string of the molecule is C[C@@H]1C(=O)c2ccccc2[C@H]1c1ccccc1. The van der Waals surface area contributed by atoms with Crippen molar-refractivity contribution in [2.24, 2.45) is 5.92 Å². The van der Waals surface area contributed by atoms with Gasteiger partial charge >= 0.3 is 0 Å². The van der Waals surface area contributed by atoms with Gasteiger partial charge < -0.3 is 0 Å². The Balaban J connectivity index is 2.16. The highest BCUT2D eigenvalue weighted by atomic mass is 16.1. The lowest BCUT2D eigenvalue weighted by Crippen LogP contribution is -2.10. The Morgan fingerprint density at radius 1 is 0.882 bits per heavy atom. The molecule has 0 radical (unpaired) electrons. The molecule has 0 fully saturated rings. The second kappa shape index (κ2) is 3.85.